The lowest BCUT2D eigenvalue weighted by Crippen LogP contribution is -2.08. The molecule has 2 aromatic carbocycles. The molecule has 0 fully saturated rings. The van der Waals surface area contributed by atoms with Crippen molar-refractivity contribution in [3.63, 3.8) is 0 Å². The van der Waals surface area contributed by atoms with E-state index >= 15 is 0 Å². The third kappa shape index (κ3) is 2.70. The Bertz CT molecular complexity index is 682. The Labute approximate surface area is 123 Å². The third-order valence-electron chi connectivity index (χ3n) is 3.87. The van der Waals surface area contributed by atoms with Crippen LogP contribution in [0.1, 0.15) is 33.9 Å². The molecule has 0 spiro atoms. The van der Waals surface area contributed by atoms with Crippen molar-refractivity contribution >= 4 is 17.3 Å². The van der Waals surface area contributed by atoms with Crippen LogP contribution in [0.3, 0.4) is 0 Å². The Morgan fingerprint density at radius 2 is 2.14 bits per heavy atom. The molecule has 1 unspecified atom stereocenters. The Balaban J connectivity index is 1.81. The molecule has 3 N–H and O–H groups in total. The smallest absolute Gasteiger partial charge is 0.337 e. The summed E-state index contributed by atoms with van der Waals surface area (Å²) in [5.74, 6) is -0.321. The number of nitrogen functional groups attached to an aromatic ring is 1. The minimum absolute atomic E-state index is 0.258. The molecule has 1 aliphatic carbocycles. The number of hydrogen-bond donors (Lipinski definition) is 2. The number of esters is 1. The number of hydrogen-bond acceptors (Lipinski definition) is 4. The molecule has 0 heterocycles. The molecule has 0 amide bonds. The van der Waals surface area contributed by atoms with Crippen molar-refractivity contribution in [1.29, 1.82) is 0 Å². The maximum atomic E-state index is 11.6. The van der Waals surface area contributed by atoms with Crippen LogP contribution < -0.4 is 11.1 Å². The van der Waals surface area contributed by atoms with E-state index in [4.69, 9.17) is 10.5 Å². The van der Waals surface area contributed by atoms with Crippen LogP contribution in [0.25, 0.3) is 0 Å². The predicted octanol–water partition coefficient (Wildman–Crippen LogP) is 3.15. The van der Waals surface area contributed by atoms with Crippen LogP contribution in [0, 0.1) is 0 Å². The summed E-state index contributed by atoms with van der Waals surface area (Å²) in [7, 11) is 1.39. The summed E-state index contributed by atoms with van der Waals surface area (Å²) in [5, 5.41) is 3.49. The number of anilines is 2. The van der Waals surface area contributed by atoms with Gasteiger partial charge in [-0.05, 0) is 54.3 Å². The summed E-state index contributed by atoms with van der Waals surface area (Å²) in [4.78, 5) is 11.6. The Morgan fingerprint density at radius 3 is 2.95 bits per heavy atom. The molecule has 0 saturated carbocycles. The van der Waals surface area contributed by atoms with Gasteiger partial charge in [0.25, 0.3) is 0 Å². The number of fused-ring (bicyclic) bond motifs is 1. The number of aryl methyl sites for hydroxylation is 1. The largest absolute Gasteiger partial charge is 0.465 e. The van der Waals surface area contributed by atoms with Gasteiger partial charge in [0, 0.05) is 11.4 Å². The van der Waals surface area contributed by atoms with Crippen molar-refractivity contribution < 1.29 is 9.53 Å². The highest BCUT2D eigenvalue weighted by Crippen LogP contribution is 2.34. The fourth-order valence-electron chi connectivity index (χ4n) is 2.84. The first-order chi connectivity index (χ1) is 10.2. The topological polar surface area (TPSA) is 64.3 Å². The van der Waals surface area contributed by atoms with E-state index in [1.165, 1.54) is 18.2 Å². The van der Waals surface area contributed by atoms with Gasteiger partial charge in [-0.15, -0.1) is 0 Å². The SMILES string of the molecule is COC(=O)c1cccc(NC2CCc3cc(N)ccc32)c1. The Hall–Kier alpha value is -2.49. The third-order valence-corrected chi connectivity index (χ3v) is 3.87. The number of rotatable bonds is 3. The average molecular weight is 282 g/mol. The number of methoxy groups -OCH3 is 1. The van der Waals surface area contributed by atoms with E-state index in [9.17, 15) is 4.79 Å². The quantitative estimate of drug-likeness (QED) is 0.670. The highest BCUT2D eigenvalue weighted by atomic mass is 16.5. The number of ether oxygens (including phenoxy) is 1. The van der Waals surface area contributed by atoms with E-state index < -0.39 is 0 Å². The summed E-state index contributed by atoms with van der Waals surface area (Å²) < 4.78 is 4.75. The summed E-state index contributed by atoms with van der Waals surface area (Å²) in [6.45, 7) is 0. The van der Waals surface area contributed by atoms with Crippen LogP contribution in [0.2, 0.25) is 0 Å². The van der Waals surface area contributed by atoms with Gasteiger partial charge in [-0.25, -0.2) is 4.79 Å². The van der Waals surface area contributed by atoms with Crippen molar-refractivity contribution in [2.45, 2.75) is 18.9 Å². The molecule has 1 aliphatic rings. The fraction of sp³-hybridized carbons (Fsp3) is 0.235. The first kappa shape index (κ1) is 13.5. The fourth-order valence-corrected chi connectivity index (χ4v) is 2.84. The van der Waals surface area contributed by atoms with Gasteiger partial charge >= 0.3 is 5.97 Å². The van der Waals surface area contributed by atoms with Crippen LogP contribution in [-0.4, -0.2) is 13.1 Å². The molecule has 108 valence electrons. The molecule has 0 radical (unpaired) electrons. The molecular weight excluding hydrogens is 264 g/mol. The predicted molar refractivity (Wildman–Crippen MR) is 83.3 cm³/mol. The van der Waals surface area contributed by atoms with Crippen molar-refractivity contribution in [1.82, 2.24) is 0 Å². The minimum Gasteiger partial charge on any atom is -0.465 e. The van der Waals surface area contributed by atoms with Gasteiger partial charge in [-0.2, -0.15) is 0 Å². The van der Waals surface area contributed by atoms with Gasteiger partial charge < -0.3 is 15.8 Å². The lowest BCUT2D eigenvalue weighted by molar-refractivity contribution is 0.0601. The molecule has 4 heteroatoms. The Morgan fingerprint density at radius 1 is 1.29 bits per heavy atom. The molecule has 0 bridgehead atoms. The van der Waals surface area contributed by atoms with Crippen molar-refractivity contribution in [3.05, 3.63) is 59.2 Å². The normalized spacial score (nSPS) is 16.3. The van der Waals surface area contributed by atoms with Crippen LogP contribution in [0.4, 0.5) is 11.4 Å². The summed E-state index contributed by atoms with van der Waals surface area (Å²) in [5.41, 5.74) is 10.7. The lowest BCUT2D eigenvalue weighted by Gasteiger charge is -2.16. The van der Waals surface area contributed by atoms with E-state index in [2.05, 4.69) is 11.4 Å². The maximum Gasteiger partial charge on any atom is 0.337 e. The number of nitrogens with two attached hydrogens (primary N) is 1. The van der Waals surface area contributed by atoms with E-state index in [-0.39, 0.29) is 12.0 Å². The molecule has 21 heavy (non-hydrogen) atoms. The molecule has 3 rings (SSSR count). The number of benzene rings is 2. The highest BCUT2D eigenvalue weighted by molar-refractivity contribution is 5.90. The van der Waals surface area contributed by atoms with Crippen LogP contribution in [0.5, 0.6) is 0 Å². The highest BCUT2D eigenvalue weighted by Gasteiger charge is 2.22. The zero-order valence-electron chi connectivity index (χ0n) is 11.9. The first-order valence-electron chi connectivity index (χ1n) is 7.00. The average Bonchev–Trinajstić information content (AvgIpc) is 2.89. The molecule has 1 atom stereocenters. The summed E-state index contributed by atoms with van der Waals surface area (Å²) >= 11 is 0. The minimum atomic E-state index is -0.321. The molecular formula is C17H18N2O2. The first-order valence-corrected chi connectivity index (χ1v) is 7.00. The van der Waals surface area contributed by atoms with Gasteiger partial charge in [0.05, 0.1) is 18.7 Å². The van der Waals surface area contributed by atoms with Gasteiger partial charge in [-0.1, -0.05) is 12.1 Å². The molecule has 2 aromatic rings. The molecule has 4 nitrogen and oxygen atoms in total. The van der Waals surface area contributed by atoms with Gasteiger partial charge in [0.2, 0.25) is 0 Å². The zero-order chi connectivity index (χ0) is 14.8. The van der Waals surface area contributed by atoms with E-state index in [0.29, 0.717) is 5.56 Å². The summed E-state index contributed by atoms with van der Waals surface area (Å²) in [6.07, 6.45) is 2.05. The molecule has 0 aromatic heterocycles. The van der Waals surface area contributed by atoms with Gasteiger partial charge in [0.1, 0.15) is 0 Å². The lowest BCUT2D eigenvalue weighted by atomic mass is 10.1. The van der Waals surface area contributed by atoms with E-state index in [1.807, 2.05) is 30.3 Å². The zero-order valence-corrected chi connectivity index (χ0v) is 11.9. The molecule has 0 saturated heterocycles. The second kappa shape index (κ2) is 5.48. The number of carbonyl (C=O) groups is 1. The number of nitrogens with one attached hydrogen (secondary N) is 1. The maximum absolute atomic E-state index is 11.6. The van der Waals surface area contributed by atoms with E-state index in [0.717, 1.165) is 24.2 Å². The van der Waals surface area contributed by atoms with Crippen LogP contribution >= 0.6 is 0 Å². The molecule has 0 aliphatic heterocycles. The van der Waals surface area contributed by atoms with Crippen LogP contribution in [0.15, 0.2) is 42.5 Å². The summed E-state index contributed by atoms with van der Waals surface area (Å²) in [6, 6.07) is 13.7. The van der Waals surface area contributed by atoms with Gasteiger partial charge in [0.15, 0.2) is 0 Å². The van der Waals surface area contributed by atoms with Gasteiger partial charge in [-0.3, -0.25) is 0 Å². The standard InChI is InChI=1S/C17H18N2O2/c1-21-17(20)12-3-2-4-14(10-12)19-16-8-5-11-9-13(18)6-7-15(11)16/h2-4,6-7,9-10,16,19H,5,8,18H2,1H3. The number of carbonyl (C=O) groups excluding carboxylic acids is 1. The van der Waals surface area contributed by atoms with Crippen molar-refractivity contribution in [2.75, 3.05) is 18.2 Å². The second-order valence-electron chi connectivity index (χ2n) is 5.27. The monoisotopic (exact) mass is 282 g/mol. The van der Waals surface area contributed by atoms with Crippen molar-refractivity contribution in [2.24, 2.45) is 0 Å². The Kier molecular flexibility index (Phi) is 3.52. The van der Waals surface area contributed by atoms with E-state index in [1.54, 1.807) is 6.07 Å². The van der Waals surface area contributed by atoms with Crippen LogP contribution in [-0.2, 0) is 11.2 Å². The van der Waals surface area contributed by atoms with Crippen molar-refractivity contribution in [3.8, 4) is 0 Å². The second-order valence-corrected chi connectivity index (χ2v) is 5.27.